The van der Waals surface area contributed by atoms with Gasteiger partial charge in [-0.1, -0.05) is 0 Å². The van der Waals surface area contributed by atoms with Crippen LogP contribution in [0.1, 0.15) is 6.42 Å². The molecule has 5 heterocycles. The molecule has 0 aliphatic carbocycles. The zero-order chi connectivity index (χ0) is 23.9. The highest BCUT2D eigenvalue weighted by atomic mass is 32.2. The van der Waals surface area contributed by atoms with Crippen LogP contribution in [0.5, 0.6) is 0 Å². The average Bonchev–Trinajstić information content (AvgIpc) is 3.33. The molecule has 0 spiro atoms. The van der Waals surface area contributed by atoms with Crippen molar-refractivity contribution in [1.82, 2.24) is 24.2 Å². The van der Waals surface area contributed by atoms with Crippen molar-refractivity contribution in [3.05, 3.63) is 30.7 Å². The lowest BCUT2D eigenvalue weighted by atomic mass is 9.86. The van der Waals surface area contributed by atoms with Crippen molar-refractivity contribution >= 4 is 43.6 Å². The molecule has 0 saturated carbocycles. The van der Waals surface area contributed by atoms with Crippen LogP contribution in [0.3, 0.4) is 0 Å². The van der Waals surface area contributed by atoms with Crippen LogP contribution in [-0.4, -0.2) is 95.3 Å². The molecule has 11 nitrogen and oxygen atoms in total. The van der Waals surface area contributed by atoms with Gasteiger partial charge in [0.1, 0.15) is 5.88 Å². The van der Waals surface area contributed by atoms with Gasteiger partial charge in [0.25, 0.3) is 0 Å². The summed E-state index contributed by atoms with van der Waals surface area (Å²) < 4.78 is 27.6. The standard InChI is InChI=1S/C22H29N7O4S/c23-21(31)16-3-6-29(12-15(16)13-30)34(32,33)14-27-7-9-28(10-8-27)19-2-5-24-18-11-26-22-17(20(18)19)1-4-25-22/h1-2,4-5,11,15-16,24,30H,3,6-10,12-14H2,(H2,23,31). The molecule has 0 aromatic carbocycles. The molecule has 2 saturated heterocycles. The Kier molecular flexibility index (Phi) is 6.15. The average molecular weight is 488 g/mol. The molecule has 2 atom stereocenters. The van der Waals surface area contributed by atoms with Crippen LogP contribution in [0.4, 0.5) is 5.69 Å². The number of aliphatic hydroxyl groups excluding tert-OH is 1. The van der Waals surface area contributed by atoms with Crippen molar-refractivity contribution in [3.8, 4) is 0 Å². The number of primary amides is 1. The van der Waals surface area contributed by atoms with Gasteiger partial charge in [-0.05, 0) is 18.6 Å². The van der Waals surface area contributed by atoms with Crippen molar-refractivity contribution in [3.63, 3.8) is 0 Å². The number of carbonyl (C=O) groups excluding carboxylic acids is 1. The highest BCUT2D eigenvalue weighted by molar-refractivity contribution is 7.89. The molecular formula is C22H29N7O4S. The Bertz CT molecular complexity index is 1300. The zero-order valence-corrected chi connectivity index (χ0v) is 19.6. The van der Waals surface area contributed by atoms with E-state index in [0.29, 0.717) is 38.2 Å². The summed E-state index contributed by atoms with van der Waals surface area (Å²) in [4.78, 5) is 27.8. The number of aromatic amines is 1. The number of piperazine rings is 1. The van der Waals surface area contributed by atoms with Crippen LogP contribution in [0.25, 0.3) is 21.9 Å². The van der Waals surface area contributed by atoms with Gasteiger partial charge in [0.05, 0.1) is 11.7 Å². The summed E-state index contributed by atoms with van der Waals surface area (Å²) in [5.74, 6) is -1.51. The van der Waals surface area contributed by atoms with Gasteiger partial charge in [-0.25, -0.2) is 22.7 Å². The van der Waals surface area contributed by atoms with Gasteiger partial charge < -0.3 is 20.7 Å². The predicted octanol–water partition coefficient (Wildman–Crippen LogP) is -0.0639. The van der Waals surface area contributed by atoms with E-state index in [1.54, 1.807) is 12.4 Å². The Morgan fingerprint density at radius 1 is 1.18 bits per heavy atom. The Balaban J connectivity index is 1.26. The number of amides is 1. The summed E-state index contributed by atoms with van der Waals surface area (Å²) in [5, 5.41) is 11.7. The topological polar surface area (TPSA) is 149 Å². The first-order valence-electron chi connectivity index (χ1n) is 11.4. The monoisotopic (exact) mass is 487 g/mol. The number of carbonyl (C=O) groups is 1. The number of nitrogens with zero attached hydrogens (tertiary/aromatic N) is 5. The number of piperidine rings is 1. The smallest absolute Gasteiger partial charge is 0.227 e. The maximum Gasteiger partial charge on any atom is 0.227 e. The normalized spacial score (nSPS) is 23.0. The van der Waals surface area contributed by atoms with Crippen LogP contribution in [-0.2, 0) is 14.8 Å². The van der Waals surface area contributed by atoms with Crippen molar-refractivity contribution in [1.29, 1.82) is 0 Å². The summed E-state index contributed by atoms with van der Waals surface area (Å²) in [6.45, 7) is 2.70. The zero-order valence-electron chi connectivity index (χ0n) is 18.8. The number of sulfonamides is 1. The first-order chi connectivity index (χ1) is 16.4. The van der Waals surface area contributed by atoms with Crippen molar-refractivity contribution in [2.75, 3.05) is 56.7 Å². The molecule has 12 heteroatoms. The van der Waals surface area contributed by atoms with E-state index >= 15 is 0 Å². The Morgan fingerprint density at radius 2 is 1.97 bits per heavy atom. The van der Waals surface area contributed by atoms with E-state index in [1.807, 2.05) is 23.2 Å². The summed E-state index contributed by atoms with van der Waals surface area (Å²) in [6, 6.07) is 4.00. The molecule has 0 bridgehead atoms. The second kappa shape index (κ2) is 9.10. The fourth-order valence-corrected chi connectivity index (χ4v) is 6.83. The molecule has 0 radical (unpaired) electrons. The van der Waals surface area contributed by atoms with Gasteiger partial charge in [-0.15, -0.1) is 0 Å². The molecule has 2 aliphatic heterocycles. The minimum Gasteiger partial charge on any atom is -0.396 e. The molecule has 1 amide bonds. The molecule has 2 unspecified atom stereocenters. The van der Waals surface area contributed by atoms with E-state index in [9.17, 15) is 18.3 Å². The Hall–Kier alpha value is -2.80. The van der Waals surface area contributed by atoms with E-state index in [2.05, 4.69) is 19.9 Å². The first-order valence-corrected chi connectivity index (χ1v) is 13.0. The number of nitrogens with two attached hydrogens (primary N) is 1. The van der Waals surface area contributed by atoms with Gasteiger partial charge in [0.2, 0.25) is 15.9 Å². The summed E-state index contributed by atoms with van der Waals surface area (Å²) >= 11 is 0. The molecule has 3 aromatic rings. The number of nitrogens with one attached hydrogen (secondary N) is 1. The van der Waals surface area contributed by atoms with Gasteiger partial charge in [0, 0.05) is 86.6 Å². The molecule has 182 valence electrons. The highest BCUT2D eigenvalue weighted by Gasteiger charge is 2.38. The number of aliphatic hydroxyl groups is 1. The molecule has 3 aromatic heterocycles. The minimum absolute atomic E-state index is 0.0789. The third-order valence-electron chi connectivity index (χ3n) is 7.02. The number of hydrogen-bond donors (Lipinski definition) is 3. The highest BCUT2D eigenvalue weighted by Crippen LogP contribution is 2.32. The van der Waals surface area contributed by atoms with Crippen LogP contribution >= 0.6 is 0 Å². The number of pyridine rings is 2. The molecule has 5 rings (SSSR count). The fraction of sp³-hybridized carbons (Fsp3) is 0.500. The number of rotatable bonds is 6. The molecule has 2 fully saturated rings. The SMILES string of the molecule is NC(=O)C1CCN(S(=O)(=O)CN2CCN(c3cc[nH]c4cnc5nccc5c34)CC2)CC1CO. The van der Waals surface area contributed by atoms with E-state index < -0.39 is 27.8 Å². The lowest BCUT2D eigenvalue weighted by molar-refractivity contribution is -0.125. The van der Waals surface area contributed by atoms with Crippen LogP contribution < -0.4 is 10.6 Å². The summed E-state index contributed by atoms with van der Waals surface area (Å²) in [5.41, 5.74) is 8.14. The van der Waals surface area contributed by atoms with Crippen molar-refractivity contribution in [2.24, 2.45) is 17.6 Å². The van der Waals surface area contributed by atoms with Gasteiger partial charge >= 0.3 is 0 Å². The molecule has 34 heavy (non-hydrogen) atoms. The van der Waals surface area contributed by atoms with Gasteiger partial charge in [0.15, 0.2) is 5.65 Å². The number of hydrogen-bond acceptors (Lipinski definition) is 8. The van der Waals surface area contributed by atoms with Gasteiger partial charge in [-0.3, -0.25) is 9.69 Å². The third-order valence-corrected chi connectivity index (χ3v) is 8.83. The van der Waals surface area contributed by atoms with Crippen LogP contribution in [0.15, 0.2) is 30.7 Å². The quantitative estimate of drug-likeness (QED) is 0.438. The first kappa shape index (κ1) is 23.0. The van der Waals surface area contributed by atoms with Crippen molar-refractivity contribution < 1.29 is 18.3 Å². The third kappa shape index (κ3) is 4.22. The number of anilines is 1. The molecular weight excluding hydrogens is 458 g/mol. The summed E-state index contributed by atoms with van der Waals surface area (Å²) in [7, 11) is -3.56. The van der Waals surface area contributed by atoms with E-state index in [0.717, 1.165) is 22.0 Å². The second-order valence-corrected chi connectivity index (χ2v) is 11.0. The molecule has 2 aliphatic rings. The van der Waals surface area contributed by atoms with Gasteiger partial charge in [-0.2, -0.15) is 0 Å². The van der Waals surface area contributed by atoms with E-state index in [-0.39, 0.29) is 25.6 Å². The minimum atomic E-state index is -3.56. The second-order valence-electron chi connectivity index (χ2n) is 9.04. The number of fused-ring (bicyclic) bond motifs is 3. The Labute approximate surface area is 197 Å². The molecule has 4 N–H and O–H groups in total. The van der Waals surface area contributed by atoms with Crippen LogP contribution in [0.2, 0.25) is 0 Å². The van der Waals surface area contributed by atoms with Crippen LogP contribution in [0, 0.1) is 11.8 Å². The largest absolute Gasteiger partial charge is 0.396 e. The fourth-order valence-electron chi connectivity index (χ4n) is 5.14. The van der Waals surface area contributed by atoms with E-state index in [4.69, 9.17) is 5.73 Å². The Morgan fingerprint density at radius 3 is 2.71 bits per heavy atom. The maximum absolute atomic E-state index is 13.1. The lowest BCUT2D eigenvalue weighted by Crippen LogP contribution is -2.53. The predicted molar refractivity (Wildman–Crippen MR) is 128 cm³/mol. The van der Waals surface area contributed by atoms with E-state index in [1.165, 1.54) is 4.31 Å². The number of H-pyrrole nitrogens is 1. The summed E-state index contributed by atoms with van der Waals surface area (Å²) in [6.07, 6.45) is 5.78. The lowest BCUT2D eigenvalue weighted by Gasteiger charge is -2.39. The number of aromatic nitrogens is 3. The van der Waals surface area contributed by atoms with Crippen molar-refractivity contribution in [2.45, 2.75) is 6.42 Å². The maximum atomic E-state index is 13.1.